The molecule has 4 aromatic carbocycles. The molecule has 11 nitrogen and oxygen atoms in total. The number of hydrogen-bond acceptors (Lipinski definition) is 9. The van der Waals surface area contributed by atoms with Gasteiger partial charge in [-0.2, -0.15) is 0 Å². The van der Waals surface area contributed by atoms with Crippen molar-refractivity contribution in [1.82, 2.24) is 0 Å². The number of amides is 1. The highest BCUT2D eigenvalue weighted by Crippen LogP contribution is 2.29. The van der Waals surface area contributed by atoms with Crippen LogP contribution in [0.25, 0.3) is 22.2 Å². The first-order valence-electron chi connectivity index (χ1n) is 12.7. The van der Waals surface area contributed by atoms with E-state index in [2.05, 4.69) is 10.6 Å². The third kappa shape index (κ3) is 6.49. The Hall–Kier alpha value is -5.81. The van der Waals surface area contributed by atoms with Gasteiger partial charge in [-0.15, -0.1) is 0 Å². The fourth-order valence-corrected chi connectivity index (χ4v) is 4.32. The number of carbonyl (C=O) groups excluding carboxylic acids is 2. The number of ether oxygens (including phenoxy) is 1. The van der Waals surface area contributed by atoms with E-state index in [4.69, 9.17) is 22.0 Å². The van der Waals surface area contributed by atoms with Gasteiger partial charge in [0.2, 0.25) is 5.91 Å². The Morgan fingerprint density at radius 3 is 2.19 bits per heavy atom. The second-order valence-electron chi connectivity index (χ2n) is 9.23. The van der Waals surface area contributed by atoms with E-state index in [0.717, 1.165) is 5.39 Å². The van der Waals surface area contributed by atoms with Gasteiger partial charge in [0.1, 0.15) is 0 Å². The predicted octanol–water partition coefficient (Wildman–Crippen LogP) is 4.29. The van der Waals surface area contributed by atoms with Crippen LogP contribution in [0.5, 0.6) is 0 Å². The summed E-state index contributed by atoms with van der Waals surface area (Å²) >= 11 is 0. The van der Waals surface area contributed by atoms with E-state index < -0.39 is 11.9 Å². The molecule has 1 amide bonds. The lowest BCUT2D eigenvalue weighted by molar-refractivity contribution is -0.114. The Kier molecular flexibility index (Phi) is 8.74. The molecule has 4 rings (SSSR count). The molecule has 0 bridgehead atoms. The molecule has 9 N–H and O–H groups in total. The molecule has 0 unspecified atom stereocenters. The van der Waals surface area contributed by atoms with E-state index >= 15 is 0 Å². The van der Waals surface area contributed by atoms with E-state index in [9.17, 15) is 19.5 Å². The van der Waals surface area contributed by atoms with Crippen molar-refractivity contribution in [3.63, 3.8) is 0 Å². The molecule has 4 aromatic rings. The average molecular weight is 567 g/mol. The van der Waals surface area contributed by atoms with Crippen molar-refractivity contribution in [1.29, 1.82) is 0 Å². The van der Waals surface area contributed by atoms with Crippen molar-refractivity contribution >= 4 is 57.1 Å². The lowest BCUT2D eigenvalue weighted by Crippen LogP contribution is -2.27. The highest BCUT2D eigenvalue weighted by atomic mass is 16.5. The number of esters is 1. The highest BCUT2D eigenvalue weighted by Gasteiger charge is 2.15. The Balaban J connectivity index is 1.61. The topological polar surface area (TPSA) is 186 Å². The fourth-order valence-electron chi connectivity index (χ4n) is 4.32. The predicted molar refractivity (Wildman–Crippen MR) is 164 cm³/mol. The van der Waals surface area contributed by atoms with Crippen LogP contribution < -0.4 is 33.0 Å². The van der Waals surface area contributed by atoms with Crippen molar-refractivity contribution in [2.45, 2.75) is 6.92 Å². The largest absolute Gasteiger partial charge is 0.478 e. The van der Waals surface area contributed by atoms with Gasteiger partial charge < -0.3 is 31.9 Å². The lowest BCUT2D eigenvalue weighted by atomic mass is 10.0. The molecule has 0 aliphatic rings. The van der Waals surface area contributed by atoms with Gasteiger partial charge >= 0.3 is 11.9 Å². The first-order valence-corrected chi connectivity index (χ1v) is 12.7. The maximum absolute atomic E-state index is 12.1. The summed E-state index contributed by atoms with van der Waals surface area (Å²) in [6.07, 6.45) is 3.07. The van der Waals surface area contributed by atoms with Gasteiger partial charge in [0.25, 0.3) is 0 Å². The number of carboxylic acids is 1. The Labute approximate surface area is 241 Å². The van der Waals surface area contributed by atoms with Crippen LogP contribution in [-0.4, -0.2) is 30.1 Å². The van der Waals surface area contributed by atoms with Crippen LogP contribution in [0.2, 0.25) is 0 Å². The Morgan fingerprint density at radius 1 is 0.833 bits per heavy atom. The van der Waals surface area contributed by atoms with Crippen LogP contribution in [0.15, 0.2) is 91.3 Å². The van der Waals surface area contributed by atoms with Crippen molar-refractivity contribution in [3.05, 3.63) is 114 Å². The van der Waals surface area contributed by atoms with Crippen molar-refractivity contribution in [3.8, 4) is 0 Å². The first kappa shape index (κ1) is 29.2. The molecular formula is C31H30N6O5. The van der Waals surface area contributed by atoms with Crippen LogP contribution >= 0.6 is 0 Å². The molecule has 214 valence electrons. The van der Waals surface area contributed by atoms with Gasteiger partial charge in [-0.25, -0.2) is 15.4 Å². The van der Waals surface area contributed by atoms with E-state index in [0.29, 0.717) is 39.3 Å². The monoisotopic (exact) mass is 566 g/mol. The summed E-state index contributed by atoms with van der Waals surface area (Å²) in [4.78, 5) is 35.4. The molecule has 0 saturated heterocycles. The third-order valence-electron chi connectivity index (χ3n) is 6.35. The van der Waals surface area contributed by atoms with Crippen LogP contribution in [0, 0.1) is 0 Å². The van der Waals surface area contributed by atoms with E-state index in [-0.39, 0.29) is 22.7 Å². The number of nitrogens with two attached hydrogens (primary N) is 3. The lowest BCUT2D eigenvalue weighted by Gasteiger charge is -2.20. The molecule has 0 aliphatic heterocycles. The second-order valence-corrected chi connectivity index (χ2v) is 9.23. The number of carboxylic acid groups (broad SMARTS) is 1. The number of carbonyl (C=O) groups is 3. The number of aromatic carboxylic acids is 1. The number of benzene rings is 4. The smallest absolute Gasteiger partial charge is 0.337 e. The molecule has 0 heterocycles. The number of fused-ring (bicyclic) bond motifs is 1. The molecule has 0 fully saturated rings. The number of nitrogens with zero attached hydrogens (tertiary/aromatic N) is 1. The minimum atomic E-state index is -1.01. The van der Waals surface area contributed by atoms with Crippen molar-refractivity contribution in [2.24, 2.45) is 17.3 Å². The average Bonchev–Trinajstić information content (AvgIpc) is 2.98. The molecule has 0 radical (unpaired) electrons. The van der Waals surface area contributed by atoms with Crippen molar-refractivity contribution < 1.29 is 24.2 Å². The first-order chi connectivity index (χ1) is 20.1. The van der Waals surface area contributed by atoms with E-state index in [1.807, 2.05) is 18.2 Å². The highest BCUT2D eigenvalue weighted by molar-refractivity contribution is 6.07. The normalized spacial score (nSPS) is 11.6. The number of methoxy groups -OCH3 is 1. The number of hydrogen-bond donors (Lipinski definition) is 6. The number of nitrogens with one attached hydrogen (secondary N) is 2. The molecule has 0 aromatic heterocycles. The Bertz CT molecular complexity index is 1750. The maximum atomic E-state index is 12.1. The van der Waals surface area contributed by atoms with Crippen LogP contribution in [-0.2, 0) is 9.53 Å². The summed E-state index contributed by atoms with van der Waals surface area (Å²) in [7, 11) is 1.27. The molecule has 0 spiro atoms. The minimum absolute atomic E-state index is 0.207. The molecule has 11 heteroatoms. The summed E-state index contributed by atoms with van der Waals surface area (Å²) in [5.74, 6) is 4.41. The molecular weight excluding hydrogens is 536 g/mol. The van der Waals surface area contributed by atoms with Gasteiger partial charge in [0.15, 0.2) is 0 Å². The quantitative estimate of drug-likeness (QED) is 0.0969. The zero-order valence-corrected chi connectivity index (χ0v) is 22.9. The molecule has 0 atom stereocenters. The molecule has 0 aliphatic carbocycles. The number of anilines is 3. The van der Waals surface area contributed by atoms with Gasteiger partial charge in [-0.1, -0.05) is 42.5 Å². The summed E-state index contributed by atoms with van der Waals surface area (Å²) in [6, 6.07) is 22.1. The fraction of sp³-hybridized carbons (Fsp3) is 0.0645. The van der Waals surface area contributed by atoms with Crippen molar-refractivity contribution in [2.75, 3.05) is 22.8 Å². The zero-order chi connectivity index (χ0) is 30.4. The second kappa shape index (κ2) is 12.6. The Morgan fingerprint density at radius 2 is 1.50 bits per heavy atom. The maximum Gasteiger partial charge on any atom is 0.337 e. The zero-order valence-electron chi connectivity index (χ0n) is 22.9. The third-order valence-corrected chi connectivity index (χ3v) is 6.35. The molecule has 0 saturated carbocycles. The summed E-state index contributed by atoms with van der Waals surface area (Å²) < 4.78 is 4.79. The van der Waals surface area contributed by atoms with Crippen LogP contribution in [0.3, 0.4) is 0 Å². The standard InChI is InChI=1S/C31H30N6O5/c1-18(38)36-28-13-12-21(31(41)42-2)15-29(28)37(34)17-26(33)20-7-3-6-19(14-20)25(32)16-35-27-11-5-8-22-23(27)9-4-10-24(22)30(39)40/h3-17,35H,32-34H2,1-2H3,(H,36,38)(H,39,40)/b25-16-,26-17-. The molecule has 42 heavy (non-hydrogen) atoms. The van der Waals surface area contributed by atoms with E-state index in [1.165, 1.54) is 37.4 Å². The van der Waals surface area contributed by atoms with E-state index in [1.54, 1.807) is 54.7 Å². The summed E-state index contributed by atoms with van der Waals surface area (Å²) in [5, 5.41) is 17.9. The minimum Gasteiger partial charge on any atom is -0.478 e. The van der Waals surface area contributed by atoms with Crippen LogP contribution in [0.4, 0.5) is 17.1 Å². The van der Waals surface area contributed by atoms with Crippen LogP contribution in [0.1, 0.15) is 38.8 Å². The van der Waals surface area contributed by atoms with Gasteiger partial charge in [0, 0.05) is 30.4 Å². The summed E-state index contributed by atoms with van der Waals surface area (Å²) in [5.41, 5.74) is 16.5. The summed E-state index contributed by atoms with van der Waals surface area (Å²) in [6.45, 7) is 1.36. The van der Waals surface area contributed by atoms with Gasteiger partial charge in [-0.3, -0.25) is 9.80 Å². The SMILES string of the molecule is COC(=O)c1ccc(NC(C)=O)c(N(N)/C=C(\N)c2cccc(/C(N)=C/Nc3cccc4c(C(=O)O)cccc34)c2)c1. The van der Waals surface area contributed by atoms with Gasteiger partial charge in [-0.05, 0) is 52.9 Å². The van der Waals surface area contributed by atoms with Gasteiger partial charge in [0.05, 0.1) is 41.0 Å². The number of rotatable bonds is 9. The number of hydrazine groups is 1.